The molecule has 2 rings (SSSR count). The van der Waals surface area contributed by atoms with Gasteiger partial charge < -0.3 is 23.5 Å². The molecule has 0 saturated heterocycles. The fourth-order valence-corrected chi connectivity index (χ4v) is 6.02. The third-order valence-electron chi connectivity index (χ3n) is 5.26. The Morgan fingerprint density at radius 3 is 1.50 bits per heavy atom. The maximum absolute atomic E-state index is 14.5. The maximum atomic E-state index is 14.5. The monoisotopic (exact) mass is 462 g/mol. The molecule has 0 heterocycles. The average Bonchev–Trinajstić information content (AvgIpc) is 2.82. The lowest BCUT2D eigenvalue weighted by Crippen LogP contribution is -2.21. The van der Waals surface area contributed by atoms with Crippen molar-refractivity contribution in [2.45, 2.75) is 39.8 Å². The molecule has 0 radical (unpaired) electrons. The first kappa shape index (κ1) is 25.5. The summed E-state index contributed by atoms with van der Waals surface area (Å²) >= 11 is 0. The second kappa shape index (κ2) is 11.2. The van der Waals surface area contributed by atoms with E-state index < -0.39 is 23.8 Å². The van der Waals surface area contributed by atoms with E-state index in [9.17, 15) is 14.2 Å². The molecule has 0 aromatic heterocycles. The van der Waals surface area contributed by atoms with Crippen molar-refractivity contribution < 1.29 is 33.1 Å². The molecule has 2 atom stereocenters. The number of benzene rings is 2. The van der Waals surface area contributed by atoms with Crippen LogP contribution < -0.4 is 18.9 Å². The molecule has 7 nitrogen and oxygen atoms in total. The molecule has 0 amide bonds. The predicted octanol–water partition coefficient (Wildman–Crippen LogP) is 5.64. The van der Waals surface area contributed by atoms with Gasteiger partial charge in [-0.15, -0.1) is 0 Å². The number of carbonyl (C=O) groups excluding carboxylic acids is 2. The molecule has 8 heteroatoms. The number of ether oxygens (including phenoxy) is 4. The fraction of sp³-hybridized carbons (Fsp3) is 0.417. The van der Waals surface area contributed by atoms with Crippen LogP contribution in [0, 0.1) is 0 Å². The summed E-state index contributed by atoms with van der Waals surface area (Å²) in [7, 11) is -1.41. The van der Waals surface area contributed by atoms with E-state index in [4.69, 9.17) is 18.9 Å². The Morgan fingerprint density at radius 2 is 1.16 bits per heavy atom. The number of carbonyl (C=O) groups is 2. The van der Waals surface area contributed by atoms with Gasteiger partial charge in [0.05, 0.1) is 27.4 Å². The molecule has 0 spiro atoms. The quantitative estimate of drug-likeness (QED) is 0.377. The Balaban J connectivity index is 2.80. The van der Waals surface area contributed by atoms with E-state index in [2.05, 4.69) is 0 Å². The molecule has 0 aliphatic carbocycles. The summed E-state index contributed by atoms with van der Waals surface area (Å²) in [5.41, 5.74) is -2.32. The minimum absolute atomic E-state index is 0.0127. The second-order valence-corrected chi connectivity index (χ2v) is 10.1. The molecular weight excluding hydrogens is 431 g/mol. The van der Waals surface area contributed by atoms with Crippen molar-refractivity contribution in [2.75, 3.05) is 27.4 Å². The molecule has 0 fully saturated rings. The Kier molecular flexibility index (Phi) is 8.90. The summed E-state index contributed by atoms with van der Waals surface area (Å²) in [6.07, 6.45) is 0.354. The number of methoxy groups -OCH3 is 2. The highest BCUT2D eigenvalue weighted by Crippen LogP contribution is 2.60. The number of hydrogen-bond donors (Lipinski definition) is 0. The lowest BCUT2D eigenvalue weighted by atomic mass is 10.2. The smallest absolute Gasteiger partial charge is 0.236 e. The molecule has 174 valence electrons. The minimum atomic E-state index is -4.22. The van der Waals surface area contributed by atoms with Crippen molar-refractivity contribution in [1.29, 1.82) is 0 Å². The van der Waals surface area contributed by atoms with E-state index in [-0.39, 0.29) is 47.3 Å². The van der Waals surface area contributed by atoms with Crippen molar-refractivity contribution in [1.82, 2.24) is 0 Å². The van der Waals surface area contributed by atoms with Gasteiger partial charge in [0.15, 0.2) is 0 Å². The zero-order chi connectivity index (χ0) is 23.9. The predicted molar refractivity (Wildman–Crippen MR) is 124 cm³/mol. The Morgan fingerprint density at radius 1 is 0.781 bits per heavy atom. The molecule has 0 saturated carbocycles. The number of hydrogen-bond acceptors (Lipinski definition) is 7. The zero-order valence-corrected chi connectivity index (χ0v) is 20.4. The van der Waals surface area contributed by atoms with Crippen molar-refractivity contribution in [3.05, 3.63) is 47.5 Å². The van der Waals surface area contributed by atoms with Crippen molar-refractivity contribution in [3.63, 3.8) is 0 Å². The molecule has 0 aliphatic rings. The van der Waals surface area contributed by atoms with Crippen LogP contribution in [-0.2, 0) is 4.57 Å². The van der Waals surface area contributed by atoms with E-state index in [0.717, 1.165) is 0 Å². The van der Waals surface area contributed by atoms with E-state index in [1.54, 1.807) is 64.1 Å². The summed E-state index contributed by atoms with van der Waals surface area (Å²) in [6, 6.07) is 9.69. The lowest BCUT2D eigenvalue weighted by Gasteiger charge is -2.25. The molecule has 2 aromatic carbocycles. The van der Waals surface area contributed by atoms with Gasteiger partial charge in [-0.05, 0) is 44.5 Å². The van der Waals surface area contributed by atoms with Gasteiger partial charge in [-0.2, -0.15) is 0 Å². The molecule has 0 aliphatic heterocycles. The van der Waals surface area contributed by atoms with E-state index in [0.29, 0.717) is 6.42 Å². The van der Waals surface area contributed by atoms with Gasteiger partial charge >= 0.3 is 0 Å². The summed E-state index contributed by atoms with van der Waals surface area (Å²) in [5.74, 6) is 0.834. The molecule has 32 heavy (non-hydrogen) atoms. The Bertz CT molecular complexity index is 969. The van der Waals surface area contributed by atoms with Crippen molar-refractivity contribution in [3.8, 4) is 23.0 Å². The molecule has 0 bridgehead atoms. The van der Waals surface area contributed by atoms with Crippen LogP contribution in [0.15, 0.2) is 36.4 Å². The third kappa shape index (κ3) is 4.68. The van der Waals surface area contributed by atoms with Crippen LogP contribution in [0.4, 0.5) is 0 Å². The van der Waals surface area contributed by atoms with Crippen LogP contribution in [0.5, 0.6) is 23.0 Å². The normalized spacial score (nSPS) is 13.6. The first-order valence-corrected chi connectivity index (χ1v) is 12.4. The largest absolute Gasteiger partial charge is 0.496 e. The van der Waals surface area contributed by atoms with Gasteiger partial charge in [0.25, 0.3) is 0 Å². The Labute approximate surface area is 189 Å². The maximum Gasteiger partial charge on any atom is 0.236 e. The van der Waals surface area contributed by atoms with Crippen molar-refractivity contribution in [2.24, 2.45) is 0 Å². The SMILES string of the molecule is CCOc1cccc(OCC)c1C(=O)P(=O)(C(=O)c1c(OC)cccc1OC)C(C)CC. The lowest BCUT2D eigenvalue weighted by molar-refractivity contribution is 0.102. The van der Waals surface area contributed by atoms with Gasteiger partial charge in [0, 0.05) is 5.66 Å². The van der Waals surface area contributed by atoms with E-state index in [1.807, 2.05) is 0 Å². The van der Waals surface area contributed by atoms with Crippen LogP contribution in [0.25, 0.3) is 0 Å². The first-order chi connectivity index (χ1) is 15.3. The van der Waals surface area contributed by atoms with Crippen molar-refractivity contribution >= 4 is 18.2 Å². The molecule has 2 aromatic rings. The zero-order valence-electron chi connectivity index (χ0n) is 19.5. The third-order valence-corrected chi connectivity index (χ3v) is 8.52. The molecule has 0 N–H and O–H groups in total. The summed E-state index contributed by atoms with van der Waals surface area (Å²) in [6.45, 7) is 7.56. The fourth-order valence-electron chi connectivity index (χ4n) is 3.42. The Hall–Kier alpha value is -2.79. The van der Waals surface area contributed by atoms with Gasteiger partial charge in [-0.25, -0.2) is 0 Å². The molecular formula is C24H31O7P. The van der Waals surface area contributed by atoms with Gasteiger partial charge in [0.2, 0.25) is 18.2 Å². The highest BCUT2D eigenvalue weighted by atomic mass is 31.2. The van der Waals surface area contributed by atoms with Crippen LogP contribution >= 0.6 is 7.14 Å². The summed E-state index contributed by atoms with van der Waals surface area (Å²) in [4.78, 5) is 27.8. The highest BCUT2D eigenvalue weighted by Gasteiger charge is 2.48. The van der Waals surface area contributed by atoms with E-state index >= 15 is 0 Å². The molecule has 2 unspecified atom stereocenters. The van der Waals surface area contributed by atoms with Crippen LogP contribution in [0.1, 0.15) is 54.8 Å². The van der Waals surface area contributed by atoms with E-state index in [1.165, 1.54) is 14.2 Å². The topological polar surface area (TPSA) is 88.1 Å². The highest BCUT2D eigenvalue weighted by molar-refractivity contribution is 7.96. The second-order valence-electron chi connectivity index (χ2n) is 7.06. The van der Waals surface area contributed by atoms with Gasteiger partial charge in [0.1, 0.15) is 34.1 Å². The summed E-state index contributed by atoms with van der Waals surface area (Å²) in [5, 5.41) is 0. The first-order valence-electron chi connectivity index (χ1n) is 10.6. The summed E-state index contributed by atoms with van der Waals surface area (Å²) < 4.78 is 36.5. The van der Waals surface area contributed by atoms with Crippen LogP contribution in [0.2, 0.25) is 0 Å². The van der Waals surface area contributed by atoms with Crippen LogP contribution in [0.3, 0.4) is 0 Å². The van der Waals surface area contributed by atoms with Crippen LogP contribution in [-0.4, -0.2) is 44.1 Å². The minimum Gasteiger partial charge on any atom is -0.496 e. The standard InChI is InChI=1S/C24H31O7P/c1-7-16(4)32(27,23(25)21-17(28-5)12-10-13-18(21)29-6)24(26)22-19(30-8-2)14-11-15-20(22)31-9-3/h10-16H,7-9H2,1-6H3. The van der Waals surface area contributed by atoms with Gasteiger partial charge in [-0.3, -0.25) is 9.59 Å². The average molecular weight is 462 g/mol. The number of rotatable bonds is 12. The van der Waals surface area contributed by atoms with Gasteiger partial charge in [-0.1, -0.05) is 26.0 Å².